The van der Waals surface area contributed by atoms with Crippen molar-refractivity contribution in [2.75, 3.05) is 7.05 Å². The van der Waals surface area contributed by atoms with E-state index in [9.17, 15) is 4.79 Å². The van der Waals surface area contributed by atoms with Crippen LogP contribution < -0.4 is 0 Å². The number of amides is 1. The van der Waals surface area contributed by atoms with E-state index in [1.165, 1.54) is 6.42 Å². The maximum absolute atomic E-state index is 12.3. The summed E-state index contributed by atoms with van der Waals surface area (Å²) in [6, 6.07) is 0. The molecule has 1 aliphatic rings. The van der Waals surface area contributed by atoms with E-state index >= 15 is 0 Å². The molecule has 1 fully saturated rings. The third-order valence-electron chi connectivity index (χ3n) is 4.35. The van der Waals surface area contributed by atoms with Crippen LogP contribution in [0.5, 0.6) is 0 Å². The van der Waals surface area contributed by atoms with Crippen molar-refractivity contribution in [2.45, 2.75) is 52.0 Å². The number of nitrogens with one attached hydrogen (secondary N) is 1. The van der Waals surface area contributed by atoms with Crippen molar-refractivity contribution < 1.29 is 9.32 Å². The molecule has 2 aromatic heterocycles. The van der Waals surface area contributed by atoms with Crippen molar-refractivity contribution in [1.82, 2.24) is 25.2 Å². The smallest absolute Gasteiger partial charge is 0.229 e. The van der Waals surface area contributed by atoms with Crippen LogP contribution in [-0.4, -0.2) is 38.2 Å². The Hall–Kier alpha value is -2.18. The van der Waals surface area contributed by atoms with Gasteiger partial charge in [-0.05, 0) is 26.7 Å². The van der Waals surface area contributed by atoms with Crippen LogP contribution in [0.2, 0.25) is 0 Å². The lowest BCUT2D eigenvalue weighted by molar-refractivity contribution is -0.129. The summed E-state index contributed by atoms with van der Waals surface area (Å²) in [6.45, 7) is 4.19. The molecule has 0 radical (unpaired) electrons. The highest BCUT2D eigenvalue weighted by Crippen LogP contribution is 2.35. The molecule has 0 aromatic carbocycles. The van der Waals surface area contributed by atoms with Crippen LogP contribution in [0.1, 0.15) is 53.8 Å². The molecule has 2 aromatic rings. The van der Waals surface area contributed by atoms with Gasteiger partial charge in [0, 0.05) is 24.2 Å². The van der Waals surface area contributed by atoms with Gasteiger partial charge in [-0.15, -0.1) is 0 Å². The Morgan fingerprint density at radius 1 is 1.41 bits per heavy atom. The van der Waals surface area contributed by atoms with Gasteiger partial charge in [-0.2, -0.15) is 10.1 Å². The quantitative estimate of drug-likeness (QED) is 0.911. The van der Waals surface area contributed by atoms with Crippen LogP contribution >= 0.6 is 0 Å². The molecule has 1 saturated carbocycles. The third-order valence-corrected chi connectivity index (χ3v) is 4.35. The maximum Gasteiger partial charge on any atom is 0.229 e. The second-order valence-corrected chi connectivity index (χ2v) is 6.02. The standard InChI is InChI=1S/C15H21N5O2/c1-9-12(10(2)18-17-9)7-14(21)20(3)8-13-16-15(22-19-13)11-5-4-6-11/h11H,4-8H2,1-3H3,(H,17,18). The van der Waals surface area contributed by atoms with Gasteiger partial charge < -0.3 is 9.42 Å². The number of rotatable bonds is 5. The van der Waals surface area contributed by atoms with Crippen LogP contribution in [-0.2, 0) is 17.8 Å². The van der Waals surface area contributed by atoms with Crippen molar-refractivity contribution in [3.8, 4) is 0 Å². The first-order valence-corrected chi connectivity index (χ1v) is 7.61. The van der Waals surface area contributed by atoms with Gasteiger partial charge in [0.2, 0.25) is 11.8 Å². The van der Waals surface area contributed by atoms with Gasteiger partial charge in [0.15, 0.2) is 5.82 Å². The number of likely N-dealkylation sites (N-methyl/N-ethyl adjacent to an activating group) is 1. The summed E-state index contributed by atoms with van der Waals surface area (Å²) in [5, 5.41) is 11.0. The maximum atomic E-state index is 12.3. The first kappa shape index (κ1) is 14.7. The first-order valence-electron chi connectivity index (χ1n) is 7.61. The fourth-order valence-electron chi connectivity index (χ4n) is 2.57. The van der Waals surface area contributed by atoms with E-state index in [0.717, 1.165) is 29.8 Å². The number of aromatic nitrogens is 4. The molecule has 22 heavy (non-hydrogen) atoms. The Balaban J connectivity index is 1.60. The van der Waals surface area contributed by atoms with Gasteiger partial charge in [-0.3, -0.25) is 9.89 Å². The molecule has 0 unspecified atom stereocenters. The average Bonchev–Trinajstić information content (AvgIpc) is 2.98. The molecule has 0 saturated heterocycles. The van der Waals surface area contributed by atoms with Crippen LogP contribution in [0.3, 0.4) is 0 Å². The van der Waals surface area contributed by atoms with E-state index < -0.39 is 0 Å². The number of aromatic amines is 1. The Kier molecular flexibility index (Phi) is 3.96. The number of H-pyrrole nitrogens is 1. The molecule has 0 aliphatic heterocycles. The van der Waals surface area contributed by atoms with E-state index in [-0.39, 0.29) is 5.91 Å². The van der Waals surface area contributed by atoms with Crippen molar-refractivity contribution in [2.24, 2.45) is 0 Å². The normalized spacial score (nSPS) is 14.9. The number of nitrogens with zero attached hydrogens (tertiary/aromatic N) is 4. The SMILES string of the molecule is Cc1n[nH]c(C)c1CC(=O)N(C)Cc1noc(C2CCC2)n1. The zero-order valence-corrected chi connectivity index (χ0v) is 13.2. The largest absolute Gasteiger partial charge is 0.339 e. The highest BCUT2D eigenvalue weighted by molar-refractivity contribution is 5.78. The van der Waals surface area contributed by atoms with E-state index in [4.69, 9.17) is 4.52 Å². The van der Waals surface area contributed by atoms with Crippen LogP contribution in [0.4, 0.5) is 0 Å². The van der Waals surface area contributed by atoms with E-state index in [0.29, 0.717) is 30.6 Å². The van der Waals surface area contributed by atoms with Crippen molar-refractivity contribution in [3.05, 3.63) is 28.7 Å². The van der Waals surface area contributed by atoms with Gasteiger partial charge in [0.05, 0.1) is 18.7 Å². The Morgan fingerprint density at radius 2 is 2.18 bits per heavy atom. The molecule has 7 heteroatoms. The molecule has 0 atom stereocenters. The minimum atomic E-state index is 0.0163. The molecular weight excluding hydrogens is 282 g/mol. The Labute approximate surface area is 129 Å². The monoisotopic (exact) mass is 303 g/mol. The van der Waals surface area contributed by atoms with Crippen molar-refractivity contribution >= 4 is 5.91 Å². The van der Waals surface area contributed by atoms with Crippen molar-refractivity contribution in [1.29, 1.82) is 0 Å². The van der Waals surface area contributed by atoms with Crippen LogP contribution in [0.15, 0.2) is 4.52 Å². The van der Waals surface area contributed by atoms with Crippen LogP contribution in [0, 0.1) is 13.8 Å². The minimum absolute atomic E-state index is 0.0163. The summed E-state index contributed by atoms with van der Waals surface area (Å²) < 4.78 is 5.28. The van der Waals surface area contributed by atoms with E-state index in [2.05, 4.69) is 20.3 Å². The fraction of sp³-hybridized carbons (Fsp3) is 0.600. The third kappa shape index (κ3) is 2.88. The molecule has 7 nitrogen and oxygen atoms in total. The predicted molar refractivity (Wildman–Crippen MR) is 79.1 cm³/mol. The number of carbonyl (C=O) groups is 1. The lowest BCUT2D eigenvalue weighted by Crippen LogP contribution is -2.28. The topological polar surface area (TPSA) is 87.9 Å². The summed E-state index contributed by atoms with van der Waals surface area (Å²) in [4.78, 5) is 18.3. The van der Waals surface area contributed by atoms with Gasteiger partial charge >= 0.3 is 0 Å². The van der Waals surface area contributed by atoms with Crippen molar-refractivity contribution in [3.63, 3.8) is 0 Å². The molecule has 1 amide bonds. The van der Waals surface area contributed by atoms with Gasteiger partial charge in [0.25, 0.3) is 0 Å². The predicted octanol–water partition coefficient (Wildman–Crippen LogP) is 1.88. The lowest BCUT2D eigenvalue weighted by Gasteiger charge is -2.20. The second kappa shape index (κ2) is 5.90. The molecule has 3 rings (SSSR count). The summed E-state index contributed by atoms with van der Waals surface area (Å²) in [6.07, 6.45) is 3.80. The number of aryl methyl sites for hydroxylation is 2. The highest BCUT2D eigenvalue weighted by atomic mass is 16.5. The number of hydrogen-bond acceptors (Lipinski definition) is 5. The van der Waals surface area contributed by atoms with Gasteiger partial charge in [-0.25, -0.2) is 0 Å². The van der Waals surface area contributed by atoms with Gasteiger partial charge in [-0.1, -0.05) is 11.6 Å². The molecule has 1 N–H and O–H groups in total. The highest BCUT2D eigenvalue weighted by Gasteiger charge is 2.26. The zero-order valence-electron chi connectivity index (χ0n) is 13.2. The lowest BCUT2D eigenvalue weighted by atomic mass is 9.85. The first-order chi connectivity index (χ1) is 10.5. The fourth-order valence-corrected chi connectivity index (χ4v) is 2.57. The summed E-state index contributed by atoms with van der Waals surface area (Å²) >= 11 is 0. The number of carbonyl (C=O) groups excluding carboxylic acids is 1. The molecule has 0 bridgehead atoms. The van der Waals surface area contributed by atoms with Crippen LogP contribution in [0.25, 0.3) is 0 Å². The van der Waals surface area contributed by atoms with Gasteiger partial charge in [0.1, 0.15) is 0 Å². The number of hydrogen-bond donors (Lipinski definition) is 1. The molecule has 118 valence electrons. The zero-order chi connectivity index (χ0) is 15.7. The van der Waals surface area contributed by atoms with E-state index in [1.807, 2.05) is 13.8 Å². The summed E-state index contributed by atoms with van der Waals surface area (Å²) in [5.74, 6) is 1.71. The molecule has 0 spiro atoms. The Morgan fingerprint density at radius 3 is 2.77 bits per heavy atom. The summed E-state index contributed by atoms with van der Waals surface area (Å²) in [5.41, 5.74) is 2.76. The minimum Gasteiger partial charge on any atom is -0.339 e. The Bertz CT molecular complexity index is 652. The summed E-state index contributed by atoms with van der Waals surface area (Å²) in [7, 11) is 1.76. The van der Waals surface area contributed by atoms with E-state index in [1.54, 1.807) is 11.9 Å². The molecule has 2 heterocycles. The second-order valence-electron chi connectivity index (χ2n) is 6.02. The average molecular weight is 303 g/mol. The molecule has 1 aliphatic carbocycles. The molecular formula is C15H21N5O2.